The monoisotopic (exact) mass is 174 g/mol. The Morgan fingerprint density at radius 2 is 1.92 bits per heavy atom. The summed E-state index contributed by atoms with van der Waals surface area (Å²) in [7, 11) is 0. The molecule has 0 aliphatic rings. The van der Waals surface area contributed by atoms with Gasteiger partial charge in [0.15, 0.2) is 0 Å². The first-order valence-corrected chi connectivity index (χ1v) is 4.93. The largest absolute Gasteiger partial charge is 0.396 e. The van der Waals surface area contributed by atoms with Crippen molar-refractivity contribution in [3.05, 3.63) is 0 Å². The summed E-state index contributed by atoms with van der Waals surface area (Å²) in [6.45, 7) is 7.30. The topological polar surface area (TPSA) is 29.5 Å². The quantitative estimate of drug-likeness (QED) is 0.641. The summed E-state index contributed by atoms with van der Waals surface area (Å²) >= 11 is 0. The van der Waals surface area contributed by atoms with Crippen LogP contribution in [0.15, 0.2) is 0 Å². The zero-order valence-corrected chi connectivity index (χ0v) is 8.55. The summed E-state index contributed by atoms with van der Waals surface area (Å²) in [4.78, 5) is 0. The van der Waals surface area contributed by atoms with Gasteiger partial charge in [-0.05, 0) is 32.6 Å². The highest BCUT2D eigenvalue weighted by Gasteiger charge is 2.05. The van der Waals surface area contributed by atoms with Crippen LogP contribution in [-0.2, 0) is 4.74 Å². The minimum atomic E-state index is 0.301. The second kappa shape index (κ2) is 7.56. The number of aliphatic hydroxyl groups excluding tert-OH is 1. The summed E-state index contributed by atoms with van der Waals surface area (Å²) < 4.78 is 5.41. The highest BCUT2D eigenvalue weighted by Crippen LogP contribution is 2.10. The zero-order chi connectivity index (χ0) is 9.40. The minimum Gasteiger partial charge on any atom is -0.396 e. The van der Waals surface area contributed by atoms with Crippen molar-refractivity contribution in [2.75, 3.05) is 13.2 Å². The Morgan fingerprint density at radius 1 is 1.25 bits per heavy atom. The summed E-state index contributed by atoms with van der Waals surface area (Å²) in [6, 6.07) is 0. The van der Waals surface area contributed by atoms with Crippen LogP contribution in [0.2, 0.25) is 0 Å². The average molecular weight is 174 g/mol. The lowest BCUT2D eigenvalue weighted by atomic mass is 10.0. The highest BCUT2D eigenvalue weighted by atomic mass is 16.5. The number of hydrogen-bond donors (Lipinski definition) is 1. The zero-order valence-electron chi connectivity index (χ0n) is 8.55. The van der Waals surface area contributed by atoms with Crippen LogP contribution >= 0.6 is 0 Å². The van der Waals surface area contributed by atoms with Gasteiger partial charge in [-0.2, -0.15) is 0 Å². The Balaban J connectivity index is 3.31. The van der Waals surface area contributed by atoms with Crippen molar-refractivity contribution in [2.24, 2.45) is 5.92 Å². The van der Waals surface area contributed by atoms with Gasteiger partial charge in [0.05, 0.1) is 6.10 Å². The van der Waals surface area contributed by atoms with Crippen molar-refractivity contribution in [3.8, 4) is 0 Å². The molecule has 12 heavy (non-hydrogen) atoms. The summed E-state index contributed by atoms with van der Waals surface area (Å²) in [5, 5.41) is 8.97. The van der Waals surface area contributed by atoms with Gasteiger partial charge in [-0.25, -0.2) is 0 Å². The van der Waals surface area contributed by atoms with Crippen molar-refractivity contribution in [1.82, 2.24) is 0 Å². The van der Waals surface area contributed by atoms with Crippen LogP contribution in [0.1, 0.15) is 40.0 Å². The molecular weight excluding hydrogens is 152 g/mol. The van der Waals surface area contributed by atoms with Crippen LogP contribution in [0.4, 0.5) is 0 Å². The first kappa shape index (κ1) is 11.9. The SMILES string of the molecule is CCCC(CO)CCOC(C)C. The van der Waals surface area contributed by atoms with Gasteiger partial charge in [-0.3, -0.25) is 0 Å². The van der Waals surface area contributed by atoms with Gasteiger partial charge in [-0.1, -0.05) is 13.3 Å². The second-order valence-corrected chi connectivity index (χ2v) is 3.55. The number of hydrogen-bond acceptors (Lipinski definition) is 2. The first-order chi connectivity index (χ1) is 5.70. The summed E-state index contributed by atoms with van der Waals surface area (Å²) in [6.07, 6.45) is 3.55. The molecule has 2 heteroatoms. The van der Waals surface area contributed by atoms with Crippen LogP contribution < -0.4 is 0 Å². The predicted molar refractivity (Wildman–Crippen MR) is 51.2 cm³/mol. The van der Waals surface area contributed by atoms with Gasteiger partial charge in [0.1, 0.15) is 0 Å². The molecule has 0 aromatic carbocycles. The van der Waals surface area contributed by atoms with Crippen LogP contribution in [-0.4, -0.2) is 24.4 Å². The number of aliphatic hydroxyl groups is 1. The van der Waals surface area contributed by atoms with Gasteiger partial charge < -0.3 is 9.84 Å². The maximum atomic E-state index is 8.97. The lowest BCUT2D eigenvalue weighted by Crippen LogP contribution is -2.12. The van der Waals surface area contributed by atoms with E-state index >= 15 is 0 Å². The molecule has 1 N–H and O–H groups in total. The molecule has 0 aromatic rings. The highest BCUT2D eigenvalue weighted by molar-refractivity contribution is 4.56. The van der Waals surface area contributed by atoms with Crippen molar-refractivity contribution in [2.45, 2.75) is 46.1 Å². The fraction of sp³-hybridized carbons (Fsp3) is 1.00. The lowest BCUT2D eigenvalue weighted by Gasteiger charge is -2.14. The summed E-state index contributed by atoms with van der Waals surface area (Å²) in [5.74, 6) is 0.439. The molecule has 74 valence electrons. The lowest BCUT2D eigenvalue weighted by molar-refractivity contribution is 0.0599. The van der Waals surface area contributed by atoms with Crippen LogP contribution in [0.5, 0.6) is 0 Å². The Hall–Kier alpha value is -0.0800. The molecule has 0 saturated heterocycles. The minimum absolute atomic E-state index is 0.301. The Bertz CT molecular complexity index is 91.8. The van der Waals surface area contributed by atoms with Gasteiger partial charge >= 0.3 is 0 Å². The van der Waals surface area contributed by atoms with E-state index in [9.17, 15) is 0 Å². The molecule has 0 aromatic heterocycles. The molecule has 0 aliphatic carbocycles. The molecule has 0 saturated carbocycles. The maximum Gasteiger partial charge on any atom is 0.0518 e. The maximum absolute atomic E-state index is 8.97. The van der Waals surface area contributed by atoms with Gasteiger partial charge in [0, 0.05) is 13.2 Å². The normalized spacial score (nSPS) is 13.8. The standard InChI is InChI=1S/C10H22O2/c1-4-5-10(8-11)6-7-12-9(2)3/h9-11H,4-8H2,1-3H3. The van der Waals surface area contributed by atoms with E-state index in [1.54, 1.807) is 0 Å². The van der Waals surface area contributed by atoms with E-state index in [4.69, 9.17) is 9.84 Å². The molecule has 1 unspecified atom stereocenters. The molecule has 2 nitrogen and oxygen atoms in total. The molecule has 0 amide bonds. The third kappa shape index (κ3) is 6.62. The molecule has 0 fully saturated rings. The summed E-state index contributed by atoms with van der Waals surface area (Å²) in [5.41, 5.74) is 0. The molecular formula is C10H22O2. The van der Waals surface area contributed by atoms with E-state index in [2.05, 4.69) is 6.92 Å². The van der Waals surface area contributed by atoms with Crippen LogP contribution in [0.3, 0.4) is 0 Å². The smallest absolute Gasteiger partial charge is 0.0518 e. The average Bonchev–Trinajstić information content (AvgIpc) is 2.02. The van der Waals surface area contributed by atoms with Crippen LogP contribution in [0, 0.1) is 5.92 Å². The molecule has 0 rings (SSSR count). The third-order valence-electron chi connectivity index (χ3n) is 1.93. The Morgan fingerprint density at radius 3 is 2.33 bits per heavy atom. The van der Waals surface area contributed by atoms with E-state index in [-0.39, 0.29) is 0 Å². The van der Waals surface area contributed by atoms with Gasteiger partial charge in [-0.15, -0.1) is 0 Å². The second-order valence-electron chi connectivity index (χ2n) is 3.55. The molecule has 1 atom stereocenters. The number of ether oxygens (including phenoxy) is 1. The van der Waals surface area contributed by atoms with Gasteiger partial charge in [0.2, 0.25) is 0 Å². The molecule has 0 radical (unpaired) electrons. The fourth-order valence-corrected chi connectivity index (χ4v) is 1.21. The number of rotatable bonds is 7. The van der Waals surface area contributed by atoms with Gasteiger partial charge in [0.25, 0.3) is 0 Å². The van der Waals surface area contributed by atoms with E-state index in [0.29, 0.717) is 18.6 Å². The van der Waals surface area contributed by atoms with Crippen molar-refractivity contribution >= 4 is 0 Å². The molecule has 0 spiro atoms. The van der Waals surface area contributed by atoms with E-state index < -0.39 is 0 Å². The third-order valence-corrected chi connectivity index (χ3v) is 1.93. The van der Waals surface area contributed by atoms with Crippen molar-refractivity contribution < 1.29 is 9.84 Å². The van der Waals surface area contributed by atoms with E-state index in [1.165, 1.54) is 0 Å². The molecule has 0 heterocycles. The molecule has 0 aliphatic heterocycles. The fourth-order valence-electron chi connectivity index (χ4n) is 1.21. The Kier molecular flexibility index (Phi) is 7.51. The van der Waals surface area contributed by atoms with E-state index in [1.807, 2.05) is 13.8 Å². The predicted octanol–water partition coefficient (Wildman–Crippen LogP) is 2.21. The Labute approximate surface area is 75.9 Å². The van der Waals surface area contributed by atoms with Crippen LogP contribution in [0.25, 0.3) is 0 Å². The first-order valence-electron chi connectivity index (χ1n) is 4.93. The van der Waals surface area contributed by atoms with Crippen molar-refractivity contribution in [3.63, 3.8) is 0 Å². The molecule has 0 bridgehead atoms. The van der Waals surface area contributed by atoms with E-state index in [0.717, 1.165) is 25.9 Å². The van der Waals surface area contributed by atoms with Crippen molar-refractivity contribution in [1.29, 1.82) is 0 Å².